The number of nitrogens with zero attached hydrogens (tertiary/aromatic N) is 2. The summed E-state index contributed by atoms with van der Waals surface area (Å²) in [7, 11) is 0. The highest BCUT2D eigenvalue weighted by Crippen LogP contribution is 2.12. The monoisotopic (exact) mass is 398 g/mol. The molecule has 1 aromatic carbocycles. The van der Waals surface area contributed by atoms with E-state index < -0.39 is 0 Å². The Balaban J connectivity index is 2.04. The third kappa shape index (κ3) is 7.76. The molecule has 0 saturated carbocycles. The molecule has 0 saturated heterocycles. The summed E-state index contributed by atoms with van der Waals surface area (Å²) in [5, 5.41) is 0. The molecule has 0 N–H and O–H groups in total. The van der Waals surface area contributed by atoms with Crippen molar-refractivity contribution in [1.82, 2.24) is 9.80 Å². The molecule has 29 heavy (non-hydrogen) atoms. The first-order chi connectivity index (χ1) is 14.0. The Kier molecular flexibility index (Phi) is 9.48. The first-order valence-electron chi connectivity index (χ1n) is 10.6. The Bertz CT molecular complexity index is 726. The van der Waals surface area contributed by atoms with Crippen LogP contribution in [0.15, 0.2) is 53.1 Å². The van der Waals surface area contributed by atoms with Crippen LogP contribution in [-0.4, -0.2) is 40.7 Å². The van der Waals surface area contributed by atoms with Gasteiger partial charge >= 0.3 is 0 Å². The number of carbonyl (C=O) groups excluding carboxylic acids is 2. The molecule has 0 bridgehead atoms. The summed E-state index contributed by atoms with van der Waals surface area (Å²) in [4.78, 5) is 29.3. The van der Waals surface area contributed by atoms with E-state index in [4.69, 9.17) is 4.42 Å². The zero-order chi connectivity index (χ0) is 21.1. The number of carbonyl (C=O) groups is 2. The molecule has 0 aliphatic heterocycles. The van der Waals surface area contributed by atoms with Gasteiger partial charge in [0, 0.05) is 19.0 Å². The fourth-order valence-corrected chi connectivity index (χ4v) is 3.27. The van der Waals surface area contributed by atoms with Crippen molar-refractivity contribution >= 4 is 11.8 Å². The van der Waals surface area contributed by atoms with Crippen LogP contribution in [0.25, 0.3) is 0 Å². The Morgan fingerprint density at radius 1 is 1.00 bits per heavy atom. The van der Waals surface area contributed by atoms with E-state index in [0.29, 0.717) is 19.5 Å². The largest absolute Gasteiger partial charge is 0.467 e. The second-order valence-corrected chi connectivity index (χ2v) is 7.70. The van der Waals surface area contributed by atoms with Crippen molar-refractivity contribution in [3.05, 3.63) is 60.1 Å². The van der Waals surface area contributed by atoms with Gasteiger partial charge in [-0.25, -0.2) is 0 Å². The Morgan fingerprint density at radius 3 is 2.38 bits per heavy atom. The average Bonchev–Trinajstić information content (AvgIpc) is 3.23. The molecule has 158 valence electrons. The molecular weight excluding hydrogens is 364 g/mol. The Hall–Kier alpha value is -2.56. The molecule has 2 rings (SSSR count). The molecule has 0 spiro atoms. The summed E-state index contributed by atoms with van der Waals surface area (Å²) in [5.74, 6) is 0.759. The Morgan fingerprint density at radius 2 is 1.76 bits per heavy atom. The van der Waals surface area contributed by atoms with Crippen molar-refractivity contribution in [2.45, 2.75) is 65.5 Å². The number of furan rings is 1. The third-order valence-electron chi connectivity index (χ3n) is 5.04. The molecule has 0 unspecified atom stereocenters. The topological polar surface area (TPSA) is 53.8 Å². The molecule has 0 radical (unpaired) electrons. The van der Waals surface area contributed by atoms with Crippen molar-refractivity contribution in [2.24, 2.45) is 0 Å². The third-order valence-corrected chi connectivity index (χ3v) is 5.04. The first-order valence-corrected chi connectivity index (χ1v) is 10.6. The number of benzene rings is 1. The van der Waals surface area contributed by atoms with Gasteiger partial charge in [0.2, 0.25) is 11.8 Å². The van der Waals surface area contributed by atoms with Gasteiger partial charge in [0.25, 0.3) is 0 Å². The van der Waals surface area contributed by atoms with Gasteiger partial charge in [0.15, 0.2) is 0 Å². The van der Waals surface area contributed by atoms with Crippen LogP contribution < -0.4 is 0 Å². The maximum atomic E-state index is 13.1. The van der Waals surface area contributed by atoms with E-state index in [1.165, 1.54) is 5.56 Å². The fourth-order valence-electron chi connectivity index (χ4n) is 3.27. The second-order valence-electron chi connectivity index (χ2n) is 7.70. The van der Waals surface area contributed by atoms with Crippen LogP contribution in [0.4, 0.5) is 0 Å². The van der Waals surface area contributed by atoms with Gasteiger partial charge in [-0.15, -0.1) is 0 Å². The van der Waals surface area contributed by atoms with Gasteiger partial charge in [0.1, 0.15) is 5.76 Å². The molecule has 0 atom stereocenters. The van der Waals surface area contributed by atoms with Crippen LogP contribution in [0.1, 0.15) is 57.8 Å². The van der Waals surface area contributed by atoms with Crippen LogP contribution in [0.3, 0.4) is 0 Å². The molecule has 0 fully saturated rings. The minimum absolute atomic E-state index is 0.00679. The van der Waals surface area contributed by atoms with Gasteiger partial charge < -0.3 is 14.2 Å². The van der Waals surface area contributed by atoms with E-state index in [0.717, 1.165) is 31.4 Å². The minimum atomic E-state index is -0.0464. The fraction of sp³-hybridized carbons (Fsp3) is 0.500. The van der Waals surface area contributed by atoms with Crippen molar-refractivity contribution in [3.8, 4) is 0 Å². The molecule has 1 heterocycles. The molecule has 0 aliphatic carbocycles. The van der Waals surface area contributed by atoms with Crippen molar-refractivity contribution < 1.29 is 14.0 Å². The molecule has 5 nitrogen and oxygen atoms in total. The highest BCUT2D eigenvalue weighted by Gasteiger charge is 2.23. The summed E-state index contributed by atoms with van der Waals surface area (Å²) in [6.45, 7) is 7.15. The van der Waals surface area contributed by atoms with Crippen molar-refractivity contribution in [1.29, 1.82) is 0 Å². The number of unbranched alkanes of at least 4 members (excludes halogenated alkanes) is 2. The summed E-state index contributed by atoms with van der Waals surface area (Å²) < 4.78 is 5.46. The minimum Gasteiger partial charge on any atom is -0.467 e. The molecule has 2 aromatic rings. The highest BCUT2D eigenvalue weighted by molar-refractivity contribution is 5.85. The van der Waals surface area contributed by atoms with Crippen molar-refractivity contribution in [3.63, 3.8) is 0 Å². The van der Waals surface area contributed by atoms with E-state index in [-0.39, 0.29) is 24.4 Å². The van der Waals surface area contributed by atoms with Crippen molar-refractivity contribution in [2.75, 3.05) is 13.1 Å². The lowest BCUT2D eigenvalue weighted by Crippen LogP contribution is -2.46. The van der Waals surface area contributed by atoms with Crippen LogP contribution in [0, 0.1) is 0 Å². The molecule has 2 amide bonds. The van der Waals surface area contributed by atoms with E-state index in [1.807, 2.05) is 44.2 Å². The summed E-state index contributed by atoms with van der Waals surface area (Å²) in [5.41, 5.74) is 1.18. The first kappa shape index (κ1) is 22.7. The number of hydrogen-bond acceptors (Lipinski definition) is 3. The predicted molar refractivity (Wildman–Crippen MR) is 115 cm³/mol. The highest BCUT2D eigenvalue weighted by atomic mass is 16.3. The van der Waals surface area contributed by atoms with E-state index in [1.54, 1.807) is 16.1 Å². The van der Waals surface area contributed by atoms with Crippen LogP contribution in [0.2, 0.25) is 0 Å². The zero-order valence-corrected chi connectivity index (χ0v) is 18.0. The van der Waals surface area contributed by atoms with Gasteiger partial charge in [-0.1, -0.05) is 50.1 Å². The zero-order valence-electron chi connectivity index (χ0n) is 18.0. The summed E-state index contributed by atoms with van der Waals surface area (Å²) in [6.07, 6.45) is 5.86. The van der Waals surface area contributed by atoms with Gasteiger partial charge in [-0.2, -0.15) is 0 Å². The van der Waals surface area contributed by atoms with Gasteiger partial charge in [-0.05, 0) is 44.4 Å². The van der Waals surface area contributed by atoms with E-state index >= 15 is 0 Å². The molecule has 0 aliphatic rings. The lowest BCUT2D eigenvalue weighted by Gasteiger charge is -2.30. The average molecular weight is 399 g/mol. The molecule has 1 aromatic heterocycles. The molecular formula is C24H34N2O3. The number of rotatable bonds is 12. The maximum absolute atomic E-state index is 13.1. The van der Waals surface area contributed by atoms with Gasteiger partial charge in [-0.3, -0.25) is 9.59 Å². The van der Waals surface area contributed by atoms with E-state index in [9.17, 15) is 9.59 Å². The lowest BCUT2D eigenvalue weighted by molar-refractivity contribution is -0.142. The normalized spacial score (nSPS) is 10.9. The standard InChI is InChI=1S/C24H34N2O3/c1-4-5-7-14-23(27)26(20(2)3)19-24(28)25(18-22-13-10-17-29-22)16-15-21-11-8-6-9-12-21/h6,8-13,17,20H,4-5,7,14-16,18-19H2,1-3H3. The predicted octanol–water partition coefficient (Wildman–Crippen LogP) is 4.67. The quantitative estimate of drug-likeness (QED) is 0.488. The van der Waals surface area contributed by atoms with E-state index in [2.05, 4.69) is 19.1 Å². The second kappa shape index (κ2) is 12.1. The summed E-state index contributed by atoms with van der Waals surface area (Å²) >= 11 is 0. The summed E-state index contributed by atoms with van der Waals surface area (Å²) in [6, 6.07) is 13.8. The van der Waals surface area contributed by atoms with Crippen LogP contribution in [-0.2, 0) is 22.6 Å². The van der Waals surface area contributed by atoms with Crippen LogP contribution in [0.5, 0.6) is 0 Å². The maximum Gasteiger partial charge on any atom is 0.242 e. The van der Waals surface area contributed by atoms with Crippen LogP contribution >= 0.6 is 0 Å². The number of amides is 2. The number of hydrogen-bond donors (Lipinski definition) is 0. The SMILES string of the molecule is CCCCCC(=O)N(CC(=O)N(CCc1ccccc1)Cc1ccco1)C(C)C. The Labute approximate surface area is 174 Å². The van der Waals surface area contributed by atoms with Gasteiger partial charge in [0.05, 0.1) is 19.4 Å². The smallest absolute Gasteiger partial charge is 0.242 e. The molecule has 5 heteroatoms. The lowest BCUT2D eigenvalue weighted by atomic mass is 10.1.